The molecule has 0 aliphatic heterocycles. The lowest BCUT2D eigenvalue weighted by Crippen LogP contribution is -2.12. The molecule has 0 radical (unpaired) electrons. The largest absolute Gasteiger partial charge is 0.481 e. The van der Waals surface area contributed by atoms with Gasteiger partial charge in [-0.25, -0.2) is 0 Å². The summed E-state index contributed by atoms with van der Waals surface area (Å²) in [5.41, 5.74) is 4.86. The molecule has 1 atom stereocenters. The Labute approximate surface area is 147 Å². The number of carbonyl (C=O) groups is 1. The fraction of sp³-hybridized carbons (Fsp3) is 0.227. The Kier molecular flexibility index (Phi) is 4.63. The van der Waals surface area contributed by atoms with E-state index in [0.717, 1.165) is 33.4 Å². The van der Waals surface area contributed by atoms with Crippen LogP contribution in [0.1, 0.15) is 34.9 Å². The van der Waals surface area contributed by atoms with Crippen LogP contribution in [0, 0.1) is 31.6 Å². The minimum Gasteiger partial charge on any atom is -0.481 e. The number of carboxylic acids is 1. The van der Waals surface area contributed by atoms with Crippen LogP contribution in [-0.2, 0) is 11.2 Å². The van der Waals surface area contributed by atoms with Gasteiger partial charge in [-0.2, -0.15) is 0 Å². The van der Waals surface area contributed by atoms with Gasteiger partial charge in [0.2, 0.25) is 0 Å². The van der Waals surface area contributed by atoms with Crippen molar-refractivity contribution in [2.24, 2.45) is 5.92 Å². The molecule has 3 nitrogen and oxygen atoms in total. The average Bonchev–Trinajstić information content (AvgIpc) is 2.90. The van der Waals surface area contributed by atoms with Crippen LogP contribution < -0.4 is 0 Å². The van der Waals surface area contributed by atoms with Crippen molar-refractivity contribution >= 4 is 16.9 Å². The summed E-state index contributed by atoms with van der Waals surface area (Å²) in [4.78, 5) is 11.1. The van der Waals surface area contributed by atoms with Gasteiger partial charge in [-0.3, -0.25) is 4.79 Å². The van der Waals surface area contributed by atoms with Gasteiger partial charge in [0.1, 0.15) is 11.3 Å². The second-order valence-electron chi connectivity index (χ2n) is 6.42. The van der Waals surface area contributed by atoms with Crippen LogP contribution >= 0.6 is 0 Å². The van der Waals surface area contributed by atoms with Crippen molar-refractivity contribution in [2.45, 2.75) is 27.2 Å². The number of carboxylic acid groups (broad SMARTS) is 1. The van der Waals surface area contributed by atoms with Crippen LogP contribution in [0.5, 0.6) is 0 Å². The summed E-state index contributed by atoms with van der Waals surface area (Å²) in [5.74, 6) is 5.79. The lowest BCUT2D eigenvalue weighted by molar-refractivity contribution is -0.141. The van der Waals surface area contributed by atoms with Gasteiger partial charge in [-0.05, 0) is 49.7 Å². The number of benzene rings is 2. The Hall–Kier alpha value is -2.99. The fourth-order valence-corrected chi connectivity index (χ4v) is 2.69. The summed E-state index contributed by atoms with van der Waals surface area (Å²) in [7, 11) is 0. The first-order chi connectivity index (χ1) is 11.9. The maximum Gasteiger partial charge on any atom is 0.306 e. The molecule has 0 unspecified atom stereocenters. The third kappa shape index (κ3) is 3.75. The SMILES string of the molecule is Cc1ccc(C#Cc2ccc3oc(C[C@H](C)C(=O)O)c(C)c3c2)cc1. The Balaban J connectivity index is 1.91. The predicted molar refractivity (Wildman–Crippen MR) is 98.6 cm³/mol. The van der Waals surface area contributed by atoms with E-state index in [1.165, 1.54) is 5.56 Å². The molecule has 25 heavy (non-hydrogen) atoms. The molecule has 3 rings (SSSR count). The van der Waals surface area contributed by atoms with Gasteiger partial charge in [0.05, 0.1) is 5.92 Å². The molecule has 1 N–H and O–H groups in total. The molecule has 0 saturated carbocycles. The van der Waals surface area contributed by atoms with Crippen molar-refractivity contribution in [3.8, 4) is 11.8 Å². The van der Waals surface area contributed by atoms with Crippen LogP contribution in [0.4, 0.5) is 0 Å². The molecular weight excluding hydrogens is 312 g/mol. The van der Waals surface area contributed by atoms with Gasteiger partial charge >= 0.3 is 5.97 Å². The number of hydrogen-bond acceptors (Lipinski definition) is 2. The standard InChI is InChI=1S/C22H20O3/c1-14-4-6-17(7-5-14)8-9-18-10-11-20-19(13-18)16(3)21(25-20)12-15(2)22(23)24/h4-7,10-11,13,15H,12H2,1-3H3,(H,23,24)/t15-/m0/s1. The van der Waals surface area contributed by atoms with Crippen molar-refractivity contribution in [3.63, 3.8) is 0 Å². The van der Waals surface area contributed by atoms with Crippen LogP contribution in [0.15, 0.2) is 46.9 Å². The van der Waals surface area contributed by atoms with Crippen molar-refractivity contribution < 1.29 is 14.3 Å². The van der Waals surface area contributed by atoms with E-state index in [0.29, 0.717) is 6.42 Å². The molecule has 0 amide bonds. The summed E-state index contributed by atoms with van der Waals surface area (Å²) in [6.45, 7) is 5.70. The number of furan rings is 1. The van der Waals surface area contributed by atoms with E-state index < -0.39 is 11.9 Å². The summed E-state index contributed by atoms with van der Waals surface area (Å²) in [5, 5.41) is 10.1. The van der Waals surface area contributed by atoms with E-state index in [1.54, 1.807) is 6.92 Å². The molecule has 0 bridgehead atoms. The highest BCUT2D eigenvalue weighted by Gasteiger charge is 2.17. The number of hydrogen-bond donors (Lipinski definition) is 1. The summed E-state index contributed by atoms with van der Waals surface area (Å²) in [6.07, 6.45) is 0.389. The van der Waals surface area contributed by atoms with E-state index in [1.807, 2.05) is 49.4 Å². The van der Waals surface area contributed by atoms with Crippen molar-refractivity contribution in [1.82, 2.24) is 0 Å². The topological polar surface area (TPSA) is 50.4 Å². The first-order valence-corrected chi connectivity index (χ1v) is 8.27. The van der Waals surface area contributed by atoms with Crippen LogP contribution in [-0.4, -0.2) is 11.1 Å². The number of aliphatic carboxylic acids is 1. The zero-order valence-electron chi connectivity index (χ0n) is 14.6. The molecule has 126 valence electrons. The van der Waals surface area contributed by atoms with Gasteiger partial charge < -0.3 is 9.52 Å². The van der Waals surface area contributed by atoms with Crippen molar-refractivity contribution in [1.29, 1.82) is 0 Å². The Morgan fingerprint density at radius 2 is 1.72 bits per heavy atom. The molecule has 1 heterocycles. The fourth-order valence-electron chi connectivity index (χ4n) is 2.69. The van der Waals surface area contributed by atoms with Gasteiger partial charge in [0.15, 0.2) is 0 Å². The monoisotopic (exact) mass is 332 g/mol. The second kappa shape index (κ2) is 6.86. The normalized spacial score (nSPS) is 11.8. The molecule has 3 aromatic rings. The van der Waals surface area contributed by atoms with Crippen LogP contribution in [0.3, 0.4) is 0 Å². The third-order valence-corrected chi connectivity index (χ3v) is 4.35. The van der Waals surface area contributed by atoms with E-state index in [9.17, 15) is 4.79 Å². The number of aryl methyl sites for hydroxylation is 2. The quantitative estimate of drug-likeness (QED) is 0.707. The minimum absolute atomic E-state index is 0.389. The number of fused-ring (bicyclic) bond motifs is 1. The summed E-state index contributed by atoms with van der Waals surface area (Å²) < 4.78 is 5.84. The van der Waals surface area contributed by atoms with Gasteiger partial charge in [0, 0.05) is 22.9 Å². The lowest BCUT2D eigenvalue weighted by atomic mass is 10.0. The van der Waals surface area contributed by atoms with E-state index >= 15 is 0 Å². The van der Waals surface area contributed by atoms with Crippen molar-refractivity contribution in [2.75, 3.05) is 0 Å². The maximum absolute atomic E-state index is 11.1. The minimum atomic E-state index is -0.815. The molecule has 0 aliphatic rings. The molecule has 2 aromatic carbocycles. The summed E-state index contributed by atoms with van der Waals surface area (Å²) in [6, 6.07) is 13.9. The van der Waals surface area contributed by atoms with Crippen molar-refractivity contribution in [3.05, 3.63) is 70.5 Å². The van der Waals surface area contributed by atoms with E-state index in [-0.39, 0.29) is 0 Å². The molecule has 0 fully saturated rings. The Bertz CT molecular complexity index is 982. The highest BCUT2D eigenvalue weighted by Crippen LogP contribution is 2.28. The first-order valence-electron chi connectivity index (χ1n) is 8.27. The van der Waals surface area contributed by atoms with Gasteiger partial charge in [-0.1, -0.05) is 36.5 Å². The zero-order valence-corrected chi connectivity index (χ0v) is 14.6. The van der Waals surface area contributed by atoms with Crippen LogP contribution in [0.2, 0.25) is 0 Å². The highest BCUT2D eigenvalue weighted by atomic mass is 16.4. The molecule has 0 saturated heterocycles. The van der Waals surface area contributed by atoms with Crippen LogP contribution in [0.25, 0.3) is 11.0 Å². The smallest absolute Gasteiger partial charge is 0.306 e. The van der Waals surface area contributed by atoms with E-state index in [4.69, 9.17) is 9.52 Å². The molecular formula is C22H20O3. The second-order valence-corrected chi connectivity index (χ2v) is 6.42. The third-order valence-electron chi connectivity index (χ3n) is 4.35. The average molecular weight is 332 g/mol. The predicted octanol–water partition coefficient (Wildman–Crippen LogP) is 4.71. The zero-order chi connectivity index (χ0) is 18.0. The summed E-state index contributed by atoms with van der Waals surface area (Å²) >= 11 is 0. The Morgan fingerprint density at radius 1 is 1.08 bits per heavy atom. The molecule has 0 aliphatic carbocycles. The van der Waals surface area contributed by atoms with E-state index in [2.05, 4.69) is 18.8 Å². The molecule has 3 heteroatoms. The van der Waals surface area contributed by atoms with Gasteiger partial charge in [0.25, 0.3) is 0 Å². The Morgan fingerprint density at radius 3 is 2.40 bits per heavy atom. The lowest BCUT2D eigenvalue weighted by Gasteiger charge is -2.03. The van der Waals surface area contributed by atoms with Gasteiger partial charge in [-0.15, -0.1) is 0 Å². The molecule has 1 aromatic heterocycles. The highest BCUT2D eigenvalue weighted by molar-refractivity contribution is 5.84. The first kappa shape index (κ1) is 16.9. The number of rotatable bonds is 3. The maximum atomic E-state index is 11.1. The molecule has 0 spiro atoms.